The van der Waals surface area contributed by atoms with E-state index in [9.17, 15) is 9.59 Å². The molecule has 0 aliphatic heterocycles. The fourth-order valence-corrected chi connectivity index (χ4v) is 2.29. The predicted molar refractivity (Wildman–Crippen MR) is 75.4 cm³/mol. The Hall–Kier alpha value is -2.36. The van der Waals surface area contributed by atoms with Crippen LogP contribution in [0, 0.1) is 0 Å². The SMILES string of the molecule is CCC(C)Nc1cc2c(o1)C(=O)c1ccccc1C2=O. The number of rotatable bonds is 3. The maximum Gasteiger partial charge on any atom is 0.229 e. The van der Waals surface area contributed by atoms with Crippen LogP contribution in [-0.2, 0) is 0 Å². The predicted octanol–water partition coefficient (Wildman–Crippen LogP) is 3.27. The van der Waals surface area contributed by atoms with E-state index >= 15 is 0 Å². The number of ketones is 2. The van der Waals surface area contributed by atoms with E-state index in [0.29, 0.717) is 22.6 Å². The molecule has 0 fully saturated rings. The summed E-state index contributed by atoms with van der Waals surface area (Å²) in [6.45, 7) is 4.06. The van der Waals surface area contributed by atoms with Crippen molar-refractivity contribution in [3.05, 3.63) is 52.8 Å². The van der Waals surface area contributed by atoms with Crippen LogP contribution in [0.15, 0.2) is 34.7 Å². The summed E-state index contributed by atoms with van der Waals surface area (Å²) in [5.74, 6) is 0.224. The molecular formula is C16H15NO3. The highest BCUT2D eigenvalue weighted by Gasteiger charge is 2.33. The highest BCUT2D eigenvalue weighted by Crippen LogP contribution is 2.31. The molecule has 4 heteroatoms. The van der Waals surface area contributed by atoms with E-state index in [1.807, 2.05) is 13.8 Å². The third-order valence-corrected chi connectivity index (χ3v) is 3.60. The highest BCUT2D eigenvalue weighted by molar-refractivity contribution is 6.27. The summed E-state index contributed by atoms with van der Waals surface area (Å²) in [5, 5.41) is 3.15. The summed E-state index contributed by atoms with van der Waals surface area (Å²) >= 11 is 0. The zero-order valence-corrected chi connectivity index (χ0v) is 11.4. The van der Waals surface area contributed by atoms with Crippen molar-refractivity contribution in [3.63, 3.8) is 0 Å². The van der Waals surface area contributed by atoms with Gasteiger partial charge in [0.1, 0.15) is 0 Å². The average molecular weight is 269 g/mol. The number of anilines is 1. The molecule has 0 amide bonds. The monoisotopic (exact) mass is 269 g/mol. The number of benzene rings is 1. The van der Waals surface area contributed by atoms with Gasteiger partial charge in [0.25, 0.3) is 0 Å². The third-order valence-electron chi connectivity index (χ3n) is 3.60. The van der Waals surface area contributed by atoms with E-state index in [2.05, 4.69) is 5.32 Å². The minimum atomic E-state index is -0.229. The lowest BCUT2D eigenvalue weighted by Crippen LogP contribution is -2.18. The molecule has 2 aromatic rings. The van der Waals surface area contributed by atoms with Crippen LogP contribution in [0.1, 0.15) is 52.3 Å². The molecule has 1 unspecified atom stereocenters. The summed E-state index contributed by atoms with van der Waals surface area (Å²) < 4.78 is 5.54. The number of carbonyl (C=O) groups is 2. The van der Waals surface area contributed by atoms with E-state index in [0.717, 1.165) is 6.42 Å². The molecule has 0 radical (unpaired) electrons. The van der Waals surface area contributed by atoms with Gasteiger partial charge in [0, 0.05) is 23.2 Å². The van der Waals surface area contributed by atoms with Crippen LogP contribution >= 0.6 is 0 Å². The van der Waals surface area contributed by atoms with Gasteiger partial charge in [-0.3, -0.25) is 9.59 Å². The minimum absolute atomic E-state index is 0.138. The molecule has 1 aromatic heterocycles. The molecule has 1 N–H and O–H groups in total. The van der Waals surface area contributed by atoms with Crippen LogP contribution in [-0.4, -0.2) is 17.6 Å². The van der Waals surface area contributed by atoms with Gasteiger partial charge in [-0.15, -0.1) is 0 Å². The topological polar surface area (TPSA) is 59.3 Å². The first-order valence-electron chi connectivity index (χ1n) is 6.70. The lowest BCUT2D eigenvalue weighted by atomic mass is 9.89. The Labute approximate surface area is 116 Å². The molecule has 0 bridgehead atoms. The van der Waals surface area contributed by atoms with Gasteiger partial charge >= 0.3 is 0 Å². The van der Waals surface area contributed by atoms with Gasteiger partial charge in [-0.25, -0.2) is 0 Å². The number of hydrogen-bond donors (Lipinski definition) is 1. The maximum atomic E-state index is 12.4. The fourth-order valence-electron chi connectivity index (χ4n) is 2.29. The Balaban J connectivity index is 2.05. The summed E-state index contributed by atoms with van der Waals surface area (Å²) in [6, 6.07) is 8.67. The van der Waals surface area contributed by atoms with Crippen LogP contribution in [0.2, 0.25) is 0 Å². The Kier molecular flexibility index (Phi) is 2.93. The number of fused-ring (bicyclic) bond motifs is 2. The quantitative estimate of drug-likeness (QED) is 0.792. The molecule has 1 heterocycles. The maximum absolute atomic E-state index is 12.4. The van der Waals surface area contributed by atoms with Gasteiger partial charge in [0.05, 0.1) is 5.56 Å². The molecule has 102 valence electrons. The molecule has 0 saturated heterocycles. The lowest BCUT2D eigenvalue weighted by Gasteiger charge is -2.11. The third kappa shape index (κ3) is 1.84. The molecule has 20 heavy (non-hydrogen) atoms. The second-order valence-electron chi connectivity index (χ2n) is 5.01. The Bertz CT molecular complexity index is 647. The van der Waals surface area contributed by atoms with Crippen molar-refractivity contribution >= 4 is 17.5 Å². The number of nitrogens with one attached hydrogen (secondary N) is 1. The largest absolute Gasteiger partial charge is 0.436 e. The van der Waals surface area contributed by atoms with Crippen molar-refractivity contribution < 1.29 is 14.0 Å². The van der Waals surface area contributed by atoms with Crippen LogP contribution in [0.4, 0.5) is 5.88 Å². The van der Waals surface area contributed by atoms with Crippen LogP contribution in [0.25, 0.3) is 0 Å². The Morgan fingerprint density at radius 3 is 2.40 bits per heavy atom. The molecule has 3 rings (SSSR count). The van der Waals surface area contributed by atoms with Gasteiger partial charge in [0.2, 0.25) is 5.78 Å². The zero-order valence-electron chi connectivity index (χ0n) is 11.4. The van der Waals surface area contributed by atoms with Crippen molar-refractivity contribution in [2.24, 2.45) is 0 Å². The standard InChI is InChI=1S/C16H15NO3/c1-3-9(2)17-13-8-12-14(18)10-6-4-5-7-11(10)15(19)16(12)20-13/h4-9,17H,3H2,1-2H3. The van der Waals surface area contributed by atoms with Crippen molar-refractivity contribution in [2.45, 2.75) is 26.3 Å². The Morgan fingerprint density at radius 2 is 1.75 bits per heavy atom. The molecule has 1 aliphatic rings. The summed E-state index contributed by atoms with van der Waals surface area (Å²) in [7, 11) is 0. The number of hydrogen-bond acceptors (Lipinski definition) is 4. The summed E-state index contributed by atoms with van der Waals surface area (Å²) in [4.78, 5) is 24.7. The average Bonchev–Trinajstić information content (AvgIpc) is 2.89. The molecule has 1 atom stereocenters. The van der Waals surface area contributed by atoms with Crippen molar-refractivity contribution in [1.29, 1.82) is 0 Å². The zero-order chi connectivity index (χ0) is 14.3. The molecule has 4 nitrogen and oxygen atoms in total. The van der Waals surface area contributed by atoms with Crippen LogP contribution < -0.4 is 5.32 Å². The second-order valence-corrected chi connectivity index (χ2v) is 5.01. The van der Waals surface area contributed by atoms with Gasteiger partial charge in [0.15, 0.2) is 17.4 Å². The normalized spacial score (nSPS) is 14.7. The smallest absolute Gasteiger partial charge is 0.229 e. The second kappa shape index (κ2) is 4.63. The summed E-state index contributed by atoms with van der Waals surface area (Å²) in [5.41, 5.74) is 1.20. The molecular weight excluding hydrogens is 254 g/mol. The van der Waals surface area contributed by atoms with Gasteiger partial charge in [-0.2, -0.15) is 0 Å². The van der Waals surface area contributed by atoms with E-state index in [4.69, 9.17) is 4.42 Å². The van der Waals surface area contributed by atoms with E-state index in [1.54, 1.807) is 30.3 Å². The summed E-state index contributed by atoms with van der Waals surface area (Å²) in [6.07, 6.45) is 0.924. The molecule has 0 spiro atoms. The molecule has 0 saturated carbocycles. The molecule has 1 aromatic carbocycles. The first-order chi connectivity index (χ1) is 9.61. The molecule has 1 aliphatic carbocycles. The van der Waals surface area contributed by atoms with Crippen molar-refractivity contribution in [1.82, 2.24) is 0 Å². The number of carbonyl (C=O) groups excluding carboxylic acids is 2. The first kappa shape index (κ1) is 12.7. The van der Waals surface area contributed by atoms with Crippen LogP contribution in [0.3, 0.4) is 0 Å². The van der Waals surface area contributed by atoms with Gasteiger partial charge < -0.3 is 9.73 Å². The minimum Gasteiger partial charge on any atom is -0.436 e. The van der Waals surface area contributed by atoms with E-state index in [1.165, 1.54) is 0 Å². The van der Waals surface area contributed by atoms with E-state index in [-0.39, 0.29) is 23.4 Å². The van der Waals surface area contributed by atoms with Gasteiger partial charge in [-0.05, 0) is 13.3 Å². The van der Waals surface area contributed by atoms with E-state index < -0.39 is 0 Å². The van der Waals surface area contributed by atoms with Crippen molar-refractivity contribution in [3.8, 4) is 0 Å². The van der Waals surface area contributed by atoms with Crippen LogP contribution in [0.5, 0.6) is 0 Å². The number of furan rings is 1. The Morgan fingerprint density at radius 1 is 1.10 bits per heavy atom. The first-order valence-corrected chi connectivity index (χ1v) is 6.70. The van der Waals surface area contributed by atoms with Crippen molar-refractivity contribution in [2.75, 3.05) is 5.32 Å². The lowest BCUT2D eigenvalue weighted by molar-refractivity contribution is 0.0961. The highest BCUT2D eigenvalue weighted by atomic mass is 16.4. The van der Waals surface area contributed by atoms with Gasteiger partial charge in [-0.1, -0.05) is 31.2 Å². The fraction of sp³-hybridized carbons (Fsp3) is 0.250.